The number of hydrogen-bond acceptors (Lipinski definition) is 4. The molecule has 0 amide bonds. The van der Waals surface area contributed by atoms with E-state index in [0.29, 0.717) is 17.7 Å². The fourth-order valence-corrected chi connectivity index (χ4v) is 5.24. The normalized spacial score (nSPS) is 40.6. The molecule has 5 heteroatoms. The van der Waals surface area contributed by atoms with E-state index in [9.17, 15) is 10.2 Å². The van der Waals surface area contributed by atoms with E-state index in [-0.39, 0.29) is 34.2 Å². The van der Waals surface area contributed by atoms with Gasteiger partial charge in [-0.15, -0.1) is 17.0 Å². The number of phenols is 1. The average molecular weight is 366 g/mol. The molecule has 4 aliphatic rings. The summed E-state index contributed by atoms with van der Waals surface area (Å²) < 4.78 is 6.09. The molecule has 5 atom stereocenters. The van der Waals surface area contributed by atoms with Crippen molar-refractivity contribution in [1.82, 2.24) is 4.90 Å². The van der Waals surface area contributed by atoms with Gasteiger partial charge in [-0.1, -0.05) is 18.2 Å². The van der Waals surface area contributed by atoms with Crippen molar-refractivity contribution in [2.24, 2.45) is 5.92 Å². The SMILES string of the molecule is Br.CN1CC[C@]23c4c5ccc(O)c4O[C@H]2[C@@H](O)C=C[C@H]3[C@H]1C5. The lowest BCUT2D eigenvalue weighted by molar-refractivity contribution is -0.0453. The van der Waals surface area contributed by atoms with E-state index < -0.39 is 6.10 Å². The van der Waals surface area contributed by atoms with Gasteiger partial charge in [0.15, 0.2) is 11.5 Å². The average Bonchev–Trinajstić information content (AvgIpc) is 2.83. The number of piperidine rings is 1. The lowest BCUT2D eigenvalue weighted by Gasteiger charge is -2.56. The minimum Gasteiger partial charge on any atom is -0.504 e. The first-order valence-electron chi connectivity index (χ1n) is 7.71. The van der Waals surface area contributed by atoms with Crippen LogP contribution in [0, 0.1) is 5.92 Å². The Kier molecular flexibility index (Phi) is 2.97. The molecule has 2 bridgehead atoms. The standard InChI is InChI=1S/C17H19NO3.BrH/c1-18-7-6-17-10-3-5-13(20)16(17)21-15-12(19)4-2-9(14(15)17)8-11(10)18;/h2-5,10-11,13,16,19-20H,6-8H2,1H3;1H/t10-,11+,13-,16-,17-;/m0./s1. The number of hydrogen-bond donors (Lipinski definition) is 2. The van der Waals surface area contributed by atoms with Crippen LogP contribution in [0.4, 0.5) is 0 Å². The molecule has 1 aromatic carbocycles. The van der Waals surface area contributed by atoms with Gasteiger partial charge in [0.1, 0.15) is 12.2 Å². The van der Waals surface area contributed by atoms with E-state index in [1.807, 2.05) is 12.1 Å². The van der Waals surface area contributed by atoms with E-state index in [4.69, 9.17) is 4.74 Å². The first-order valence-corrected chi connectivity index (χ1v) is 7.71. The molecular formula is C17H20BrNO3. The molecule has 0 unspecified atom stereocenters. The van der Waals surface area contributed by atoms with Crippen molar-refractivity contribution >= 4 is 17.0 Å². The number of aliphatic hydroxyl groups is 1. The van der Waals surface area contributed by atoms with Gasteiger partial charge >= 0.3 is 0 Å². The highest BCUT2D eigenvalue weighted by atomic mass is 79.9. The van der Waals surface area contributed by atoms with Gasteiger partial charge in [0.25, 0.3) is 0 Å². The first kappa shape index (κ1) is 14.5. The number of ether oxygens (including phenoxy) is 1. The van der Waals surface area contributed by atoms with Gasteiger partial charge < -0.3 is 19.8 Å². The van der Waals surface area contributed by atoms with Crippen LogP contribution in [0.3, 0.4) is 0 Å². The van der Waals surface area contributed by atoms with Crippen molar-refractivity contribution in [3.05, 3.63) is 35.4 Å². The molecule has 0 saturated carbocycles. The minimum atomic E-state index is -0.594. The Bertz CT molecular complexity index is 676. The number of rotatable bonds is 0. The molecule has 1 fully saturated rings. The van der Waals surface area contributed by atoms with Crippen LogP contribution in [0.1, 0.15) is 17.5 Å². The third kappa shape index (κ3) is 1.45. The topological polar surface area (TPSA) is 52.9 Å². The summed E-state index contributed by atoms with van der Waals surface area (Å²) in [6.07, 6.45) is 5.18. The number of aliphatic hydroxyl groups excluding tert-OH is 1. The molecule has 1 aromatic rings. The molecule has 2 aliphatic heterocycles. The van der Waals surface area contributed by atoms with Gasteiger partial charge in [-0.2, -0.15) is 0 Å². The number of benzene rings is 1. The van der Waals surface area contributed by atoms with E-state index in [2.05, 4.69) is 18.0 Å². The minimum absolute atomic E-state index is 0. The van der Waals surface area contributed by atoms with E-state index in [0.717, 1.165) is 19.4 Å². The summed E-state index contributed by atoms with van der Waals surface area (Å²) in [5, 5.41) is 20.6. The Hall–Kier alpha value is -1.04. The van der Waals surface area contributed by atoms with Crippen LogP contribution in [0.5, 0.6) is 11.5 Å². The van der Waals surface area contributed by atoms with Gasteiger partial charge in [0.2, 0.25) is 0 Å². The Balaban J connectivity index is 0.00000125. The Morgan fingerprint density at radius 3 is 2.95 bits per heavy atom. The monoisotopic (exact) mass is 365 g/mol. The van der Waals surface area contributed by atoms with Crippen LogP contribution < -0.4 is 4.74 Å². The van der Waals surface area contributed by atoms with Crippen LogP contribution in [0.15, 0.2) is 24.3 Å². The fraction of sp³-hybridized carbons (Fsp3) is 0.529. The number of aromatic hydroxyl groups is 1. The van der Waals surface area contributed by atoms with Gasteiger partial charge in [0, 0.05) is 22.9 Å². The van der Waals surface area contributed by atoms with Crippen LogP contribution in [-0.2, 0) is 11.8 Å². The quantitative estimate of drug-likeness (QED) is 0.688. The summed E-state index contributed by atoms with van der Waals surface area (Å²) >= 11 is 0. The number of phenolic OH excluding ortho intramolecular Hbond substituents is 1. The fourth-order valence-electron chi connectivity index (χ4n) is 5.24. The maximum Gasteiger partial charge on any atom is 0.165 e. The van der Waals surface area contributed by atoms with Crippen molar-refractivity contribution in [3.63, 3.8) is 0 Å². The van der Waals surface area contributed by atoms with Crippen molar-refractivity contribution in [2.45, 2.75) is 36.5 Å². The van der Waals surface area contributed by atoms with Gasteiger partial charge in [-0.3, -0.25) is 0 Å². The lowest BCUT2D eigenvalue weighted by atomic mass is 9.53. The summed E-state index contributed by atoms with van der Waals surface area (Å²) in [5.41, 5.74) is 2.29. The Morgan fingerprint density at radius 1 is 1.32 bits per heavy atom. The number of nitrogens with zero attached hydrogens (tertiary/aromatic N) is 1. The van der Waals surface area contributed by atoms with Crippen molar-refractivity contribution in [1.29, 1.82) is 0 Å². The van der Waals surface area contributed by atoms with Crippen LogP contribution >= 0.6 is 17.0 Å². The molecule has 2 aliphatic carbocycles. The number of likely N-dealkylation sites (N-methyl/N-ethyl adjacent to an activating group) is 1. The smallest absolute Gasteiger partial charge is 0.165 e. The largest absolute Gasteiger partial charge is 0.504 e. The Morgan fingerprint density at radius 2 is 2.14 bits per heavy atom. The second-order valence-corrected chi connectivity index (χ2v) is 6.93. The van der Waals surface area contributed by atoms with Gasteiger partial charge in [0.05, 0.1) is 0 Å². The molecule has 2 heterocycles. The third-order valence-electron chi connectivity index (χ3n) is 6.15. The summed E-state index contributed by atoms with van der Waals surface area (Å²) in [4.78, 5) is 2.43. The van der Waals surface area contributed by atoms with E-state index in [1.165, 1.54) is 11.1 Å². The molecule has 0 aromatic heterocycles. The highest BCUT2D eigenvalue weighted by Gasteiger charge is 2.64. The molecule has 0 radical (unpaired) electrons. The summed E-state index contributed by atoms with van der Waals surface area (Å²) in [7, 11) is 2.19. The molecule has 118 valence electrons. The van der Waals surface area contributed by atoms with Crippen LogP contribution in [-0.4, -0.2) is 47.0 Å². The second kappa shape index (κ2) is 4.49. The summed E-state index contributed by atoms with van der Waals surface area (Å²) in [6.45, 7) is 1.01. The highest BCUT2D eigenvalue weighted by Crippen LogP contribution is 2.62. The number of halogens is 1. The zero-order valence-corrected chi connectivity index (χ0v) is 14.1. The summed E-state index contributed by atoms with van der Waals surface area (Å²) in [6, 6.07) is 4.23. The number of likely N-dealkylation sites (tertiary alicyclic amines) is 1. The van der Waals surface area contributed by atoms with Crippen LogP contribution in [0.2, 0.25) is 0 Å². The third-order valence-corrected chi connectivity index (χ3v) is 6.15. The molecule has 5 rings (SSSR count). The second-order valence-electron chi connectivity index (χ2n) is 6.93. The zero-order chi connectivity index (χ0) is 14.4. The molecule has 1 saturated heterocycles. The van der Waals surface area contributed by atoms with Gasteiger partial charge in [-0.05, 0) is 38.1 Å². The lowest BCUT2D eigenvalue weighted by Crippen LogP contribution is -2.64. The molecule has 1 spiro atoms. The zero-order valence-electron chi connectivity index (χ0n) is 12.4. The predicted molar refractivity (Wildman–Crippen MR) is 87.9 cm³/mol. The first-order chi connectivity index (χ1) is 10.1. The van der Waals surface area contributed by atoms with Crippen molar-refractivity contribution in [3.8, 4) is 11.5 Å². The molecule has 22 heavy (non-hydrogen) atoms. The predicted octanol–water partition coefficient (Wildman–Crippen LogP) is 1.78. The van der Waals surface area contributed by atoms with E-state index in [1.54, 1.807) is 6.07 Å². The molecule has 4 nitrogen and oxygen atoms in total. The van der Waals surface area contributed by atoms with E-state index >= 15 is 0 Å². The maximum atomic E-state index is 10.4. The molecule has 2 N–H and O–H groups in total. The Labute approximate surface area is 140 Å². The maximum absolute atomic E-state index is 10.4. The van der Waals surface area contributed by atoms with Gasteiger partial charge in [-0.25, -0.2) is 0 Å². The highest BCUT2D eigenvalue weighted by molar-refractivity contribution is 8.93. The molecular weight excluding hydrogens is 346 g/mol. The van der Waals surface area contributed by atoms with Crippen molar-refractivity contribution in [2.75, 3.05) is 13.6 Å². The summed E-state index contributed by atoms with van der Waals surface area (Å²) in [5.74, 6) is 1.19. The van der Waals surface area contributed by atoms with Crippen LogP contribution in [0.25, 0.3) is 0 Å². The van der Waals surface area contributed by atoms with Crippen molar-refractivity contribution < 1.29 is 14.9 Å².